The molecule has 0 aliphatic rings. The number of rotatable bonds is 7. The lowest BCUT2D eigenvalue weighted by Gasteiger charge is -2.17. The van der Waals surface area contributed by atoms with Crippen LogP contribution >= 0.6 is 27.3 Å². The molecular formula is C14H20BrN3S. The van der Waals surface area contributed by atoms with Crippen molar-refractivity contribution in [1.82, 2.24) is 15.1 Å². The first-order valence-corrected chi connectivity index (χ1v) is 8.31. The van der Waals surface area contributed by atoms with Gasteiger partial charge in [-0.2, -0.15) is 5.10 Å². The van der Waals surface area contributed by atoms with Crippen molar-refractivity contribution in [2.75, 3.05) is 6.54 Å². The van der Waals surface area contributed by atoms with Crippen molar-refractivity contribution >= 4 is 27.3 Å². The van der Waals surface area contributed by atoms with Crippen molar-refractivity contribution < 1.29 is 0 Å². The number of nitrogens with one attached hydrogen (secondary N) is 1. The van der Waals surface area contributed by atoms with E-state index in [4.69, 9.17) is 0 Å². The van der Waals surface area contributed by atoms with Crippen LogP contribution in [0.1, 0.15) is 36.9 Å². The third kappa shape index (κ3) is 4.44. The molecule has 5 heteroatoms. The number of hydrogen-bond donors (Lipinski definition) is 1. The van der Waals surface area contributed by atoms with Crippen LogP contribution in [0.15, 0.2) is 27.6 Å². The zero-order valence-corrected chi connectivity index (χ0v) is 13.8. The third-order valence-electron chi connectivity index (χ3n) is 3.11. The smallest absolute Gasteiger partial charge is 0.0701 e. The summed E-state index contributed by atoms with van der Waals surface area (Å²) in [5, 5.41) is 10.1. The van der Waals surface area contributed by atoms with Crippen LogP contribution in [-0.4, -0.2) is 16.3 Å². The topological polar surface area (TPSA) is 29.9 Å². The predicted molar refractivity (Wildman–Crippen MR) is 84.6 cm³/mol. The molecule has 0 amide bonds. The molecule has 2 aromatic rings. The van der Waals surface area contributed by atoms with E-state index in [1.807, 2.05) is 17.9 Å². The molecule has 0 saturated heterocycles. The van der Waals surface area contributed by atoms with Gasteiger partial charge in [-0.3, -0.25) is 4.68 Å². The molecule has 1 atom stereocenters. The quantitative estimate of drug-likeness (QED) is 0.827. The molecule has 0 aliphatic carbocycles. The van der Waals surface area contributed by atoms with Gasteiger partial charge in [0, 0.05) is 19.3 Å². The summed E-state index contributed by atoms with van der Waals surface area (Å²) in [6, 6.07) is 2.66. The average molecular weight is 342 g/mol. The second-order valence-corrected chi connectivity index (χ2v) is 7.04. The summed E-state index contributed by atoms with van der Waals surface area (Å²) in [4.78, 5) is 0. The van der Waals surface area contributed by atoms with Crippen LogP contribution in [0.3, 0.4) is 0 Å². The second-order valence-electron chi connectivity index (χ2n) is 4.75. The van der Waals surface area contributed by atoms with Gasteiger partial charge in [0.05, 0.1) is 9.98 Å². The first-order chi connectivity index (χ1) is 9.19. The molecule has 2 rings (SSSR count). The second kappa shape index (κ2) is 7.22. The van der Waals surface area contributed by atoms with Crippen molar-refractivity contribution in [2.45, 2.75) is 32.2 Å². The van der Waals surface area contributed by atoms with E-state index < -0.39 is 0 Å². The summed E-state index contributed by atoms with van der Waals surface area (Å²) >= 11 is 5.30. The molecule has 0 radical (unpaired) electrons. The molecule has 1 N–H and O–H groups in total. The summed E-state index contributed by atoms with van der Waals surface area (Å²) < 4.78 is 3.07. The molecule has 3 nitrogen and oxygen atoms in total. The highest BCUT2D eigenvalue weighted by Crippen LogP contribution is 2.27. The highest BCUT2D eigenvalue weighted by molar-refractivity contribution is 9.11. The molecule has 104 valence electrons. The molecule has 19 heavy (non-hydrogen) atoms. The number of aryl methyl sites for hydroxylation is 2. The summed E-state index contributed by atoms with van der Waals surface area (Å²) in [6.45, 7) is 3.26. The van der Waals surface area contributed by atoms with Crippen molar-refractivity contribution in [2.24, 2.45) is 7.05 Å². The maximum atomic E-state index is 4.22. The number of nitrogens with zero attached hydrogens (tertiary/aromatic N) is 2. The fourth-order valence-corrected chi connectivity index (χ4v) is 3.35. The summed E-state index contributed by atoms with van der Waals surface area (Å²) in [7, 11) is 1.96. The third-order valence-corrected chi connectivity index (χ3v) is 4.63. The van der Waals surface area contributed by atoms with E-state index in [9.17, 15) is 0 Å². The lowest BCUT2D eigenvalue weighted by atomic mass is 10.0. The maximum absolute atomic E-state index is 4.22. The zero-order valence-electron chi connectivity index (χ0n) is 11.4. The number of halogens is 1. The number of thiophene rings is 1. The van der Waals surface area contributed by atoms with Crippen molar-refractivity contribution in [3.05, 3.63) is 38.8 Å². The minimum atomic E-state index is 0.433. The van der Waals surface area contributed by atoms with Crippen LogP contribution in [0.5, 0.6) is 0 Å². The van der Waals surface area contributed by atoms with Crippen LogP contribution < -0.4 is 5.32 Å². The highest BCUT2D eigenvalue weighted by Gasteiger charge is 2.12. The first-order valence-electron chi connectivity index (χ1n) is 6.64. The van der Waals surface area contributed by atoms with E-state index in [1.165, 1.54) is 14.9 Å². The Kier molecular flexibility index (Phi) is 5.60. The largest absolute Gasteiger partial charge is 0.310 e. The van der Waals surface area contributed by atoms with Crippen molar-refractivity contribution in [3.8, 4) is 0 Å². The van der Waals surface area contributed by atoms with E-state index in [1.54, 1.807) is 11.3 Å². The van der Waals surface area contributed by atoms with Crippen LogP contribution in [0.25, 0.3) is 0 Å². The molecule has 0 bridgehead atoms. The van der Waals surface area contributed by atoms with Gasteiger partial charge in [0.1, 0.15) is 0 Å². The first kappa shape index (κ1) is 14.8. The molecule has 2 aromatic heterocycles. The van der Waals surface area contributed by atoms with Gasteiger partial charge in [0.2, 0.25) is 0 Å². The van der Waals surface area contributed by atoms with Gasteiger partial charge in [0.25, 0.3) is 0 Å². The van der Waals surface area contributed by atoms with Crippen LogP contribution in [-0.2, 0) is 13.5 Å². The lowest BCUT2D eigenvalue weighted by molar-refractivity contribution is 0.500. The van der Waals surface area contributed by atoms with Gasteiger partial charge >= 0.3 is 0 Å². The average Bonchev–Trinajstić information content (AvgIpc) is 2.99. The van der Waals surface area contributed by atoms with Gasteiger partial charge in [-0.15, -0.1) is 11.3 Å². The molecule has 0 aromatic carbocycles. The minimum Gasteiger partial charge on any atom is -0.310 e. The Morgan fingerprint density at radius 2 is 2.37 bits per heavy atom. The monoisotopic (exact) mass is 341 g/mol. The Bertz CT molecular complexity index is 506. The van der Waals surface area contributed by atoms with Crippen LogP contribution in [0, 0.1) is 0 Å². The van der Waals surface area contributed by atoms with E-state index in [2.05, 4.69) is 50.9 Å². The Morgan fingerprint density at radius 1 is 1.53 bits per heavy atom. The SMILES string of the molecule is CCCNC(CCc1cnn(C)c1)c1csc(Br)c1. The van der Waals surface area contributed by atoms with E-state index in [-0.39, 0.29) is 0 Å². The Labute approximate surface area is 127 Å². The number of hydrogen-bond acceptors (Lipinski definition) is 3. The normalized spacial score (nSPS) is 12.8. The van der Waals surface area contributed by atoms with Gasteiger partial charge in [-0.05, 0) is 64.3 Å². The Hall–Kier alpha value is -0.650. The molecular weight excluding hydrogens is 322 g/mol. The lowest BCUT2D eigenvalue weighted by Crippen LogP contribution is -2.22. The molecule has 0 spiro atoms. The van der Waals surface area contributed by atoms with E-state index >= 15 is 0 Å². The van der Waals surface area contributed by atoms with Gasteiger partial charge in [0.15, 0.2) is 0 Å². The summed E-state index contributed by atoms with van der Waals surface area (Å²) in [5.41, 5.74) is 2.69. The molecule has 0 aliphatic heterocycles. The van der Waals surface area contributed by atoms with Gasteiger partial charge in [-0.25, -0.2) is 0 Å². The minimum absolute atomic E-state index is 0.433. The summed E-state index contributed by atoms with van der Waals surface area (Å²) in [5.74, 6) is 0. The zero-order chi connectivity index (χ0) is 13.7. The summed E-state index contributed by atoms with van der Waals surface area (Å²) in [6.07, 6.45) is 7.38. The van der Waals surface area contributed by atoms with Gasteiger partial charge < -0.3 is 5.32 Å². The predicted octanol–water partition coefficient (Wildman–Crippen LogP) is 3.92. The molecule has 0 saturated carbocycles. The van der Waals surface area contributed by atoms with E-state index in [0.29, 0.717) is 6.04 Å². The highest BCUT2D eigenvalue weighted by atomic mass is 79.9. The van der Waals surface area contributed by atoms with Gasteiger partial charge in [-0.1, -0.05) is 6.92 Å². The fraction of sp³-hybridized carbons (Fsp3) is 0.500. The van der Waals surface area contributed by atoms with Crippen molar-refractivity contribution in [3.63, 3.8) is 0 Å². The maximum Gasteiger partial charge on any atom is 0.0701 e. The molecule has 0 fully saturated rings. The number of aromatic nitrogens is 2. The van der Waals surface area contributed by atoms with Crippen LogP contribution in [0.2, 0.25) is 0 Å². The van der Waals surface area contributed by atoms with Crippen molar-refractivity contribution in [1.29, 1.82) is 0 Å². The molecule has 1 unspecified atom stereocenters. The fourth-order valence-electron chi connectivity index (χ4n) is 2.12. The van der Waals surface area contributed by atoms with E-state index in [0.717, 1.165) is 25.8 Å². The molecule has 2 heterocycles. The van der Waals surface area contributed by atoms with Crippen LogP contribution in [0.4, 0.5) is 0 Å². The standard InChI is InChI=1S/C14H20BrN3S/c1-3-6-16-13(12-7-14(15)19-10-12)5-4-11-8-17-18(2)9-11/h7-10,13,16H,3-6H2,1-2H3. The Morgan fingerprint density at radius 3 is 2.95 bits per heavy atom. The Balaban J connectivity index is 1.97.